The minimum atomic E-state index is -1.33. The van der Waals surface area contributed by atoms with E-state index in [1.165, 1.54) is 7.11 Å². The van der Waals surface area contributed by atoms with Crippen LogP contribution in [0.3, 0.4) is 0 Å². The summed E-state index contributed by atoms with van der Waals surface area (Å²) < 4.78 is 6.13. The van der Waals surface area contributed by atoms with Crippen LogP contribution in [-0.4, -0.2) is 24.0 Å². The Morgan fingerprint density at radius 1 is 1.13 bits per heavy atom. The highest BCUT2D eigenvalue weighted by Crippen LogP contribution is 2.50. The number of ether oxygens (including phenoxy) is 1. The number of hydrogen-bond acceptors (Lipinski definition) is 6. The van der Waals surface area contributed by atoms with Crippen LogP contribution in [0, 0.1) is 27.4 Å². The first kappa shape index (κ1) is 22.0. The first-order valence-electron chi connectivity index (χ1n) is 8.93. The third kappa shape index (κ3) is 3.73. The summed E-state index contributed by atoms with van der Waals surface area (Å²) in [5.41, 5.74) is 7.37. The summed E-state index contributed by atoms with van der Waals surface area (Å²) in [5.74, 6) is -3.76. The molecule has 2 aromatic rings. The number of nitro groups is 1. The van der Waals surface area contributed by atoms with Gasteiger partial charge in [-0.1, -0.05) is 68.3 Å². The molecule has 0 radical (unpaired) electrons. The summed E-state index contributed by atoms with van der Waals surface area (Å²) in [6.07, 6.45) is 0. The number of nitrogens with two attached hydrogens (primary N) is 1. The molecule has 0 heterocycles. The number of carbonyl (C=O) groups is 1. The Kier molecular flexibility index (Phi) is 6.58. The van der Waals surface area contributed by atoms with Crippen molar-refractivity contribution in [3.8, 4) is 6.07 Å². The van der Waals surface area contributed by atoms with Crippen LogP contribution in [0.5, 0.6) is 0 Å². The molecule has 3 rings (SSSR count). The van der Waals surface area contributed by atoms with Gasteiger partial charge < -0.3 is 10.5 Å². The third-order valence-corrected chi connectivity index (χ3v) is 6.76. The van der Waals surface area contributed by atoms with Gasteiger partial charge in [-0.05, 0) is 23.3 Å². The van der Waals surface area contributed by atoms with Gasteiger partial charge in [0, 0.05) is 19.6 Å². The molecule has 154 valence electrons. The van der Waals surface area contributed by atoms with Crippen LogP contribution in [0.1, 0.15) is 23.0 Å². The molecule has 30 heavy (non-hydrogen) atoms. The quantitative estimate of drug-likeness (QED) is 0.355. The summed E-state index contributed by atoms with van der Waals surface area (Å²) in [4.78, 5) is 24.7. The van der Waals surface area contributed by atoms with Gasteiger partial charge in [0.15, 0.2) is 0 Å². The lowest BCUT2D eigenvalue weighted by atomic mass is 9.65. The number of nitrogens with zero attached hydrogens (tertiary/aromatic N) is 2. The first-order valence-corrected chi connectivity index (χ1v) is 10.5. The Morgan fingerprint density at radius 3 is 2.13 bits per heavy atom. The Morgan fingerprint density at radius 2 is 1.67 bits per heavy atom. The van der Waals surface area contributed by atoms with E-state index in [4.69, 9.17) is 10.5 Å². The molecular formula is C21H17Br2N3O4. The summed E-state index contributed by atoms with van der Waals surface area (Å²) in [5, 5.41) is 22.3. The molecule has 0 amide bonds. The number of nitriles is 1. The molecular weight excluding hydrogens is 518 g/mol. The highest BCUT2D eigenvalue weighted by atomic mass is 79.9. The molecule has 2 aromatic carbocycles. The Labute approximate surface area is 189 Å². The van der Waals surface area contributed by atoms with Crippen LogP contribution < -0.4 is 5.73 Å². The van der Waals surface area contributed by atoms with Crippen LogP contribution >= 0.6 is 31.9 Å². The number of esters is 1. The van der Waals surface area contributed by atoms with Gasteiger partial charge in [-0.25, -0.2) is 4.79 Å². The van der Waals surface area contributed by atoms with Crippen molar-refractivity contribution in [2.24, 2.45) is 11.7 Å². The zero-order valence-corrected chi connectivity index (χ0v) is 19.0. The second-order valence-electron chi connectivity index (χ2n) is 6.79. The molecule has 9 heteroatoms. The van der Waals surface area contributed by atoms with Gasteiger partial charge in [-0.3, -0.25) is 10.1 Å². The summed E-state index contributed by atoms with van der Waals surface area (Å²) >= 11 is 6.88. The zero-order valence-electron chi connectivity index (χ0n) is 15.8. The highest BCUT2D eigenvalue weighted by molar-refractivity contribution is 9.10. The van der Waals surface area contributed by atoms with Crippen LogP contribution in [-0.2, 0) is 9.53 Å². The van der Waals surface area contributed by atoms with Crippen LogP contribution in [0.15, 0.2) is 68.7 Å². The van der Waals surface area contributed by atoms with Crippen molar-refractivity contribution in [3.63, 3.8) is 0 Å². The molecule has 7 nitrogen and oxygen atoms in total. The SMILES string of the molecule is COC(=O)C1=C(N)C(C#N)C(c2ccccc2Br)C([N+](=O)[O-])C1c1ccccc1Br. The van der Waals surface area contributed by atoms with E-state index in [1.807, 2.05) is 0 Å². The molecule has 0 aromatic heterocycles. The molecule has 0 fully saturated rings. The van der Waals surface area contributed by atoms with E-state index >= 15 is 0 Å². The van der Waals surface area contributed by atoms with E-state index < -0.39 is 34.7 Å². The van der Waals surface area contributed by atoms with Crippen molar-refractivity contribution in [1.82, 2.24) is 0 Å². The number of carbonyl (C=O) groups excluding carboxylic acids is 1. The minimum absolute atomic E-state index is 0.0102. The molecule has 1 aliphatic carbocycles. The molecule has 0 aliphatic heterocycles. The summed E-state index contributed by atoms with van der Waals surface area (Å²) in [6.45, 7) is 0. The van der Waals surface area contributed by atoms with Gasteiger partial charge in [0.2, 0.25) is 6.04 Å². The van der Waals surface area contributed by atoms with Gasteiger partial charge in [0.05, 0.1) is 36.5 Å². The maximum absolute atomic E-state index is 12.7. The van der Waals surface area contributed by atoms with E-state index in [0.29, 0.717) is 20.1 Å². The maximum Gasteiger partial charge on any atom is 0.336 e. The third-order valence-electron chi connectivity index (χ3n) is 5.32. The lowest BCUT2D eigenvalue weighted by Crippen LogP contribution is -2.46. The Balaban J connectivity index is 2.39. The van der Waals surface area contributed by atoms with E-state index in [9.17, 15) is 20.2 Å². The topological polar surface area (TPSA) is 119 Å². The fourth-order valence-corrected chi connectivity index (χ4v) is 5.13. The largest absolute Gasteiger partial charge is 0.466 e. The van der Waals surface area contributed by atoms with Crippen molar-refractivity contribution in [1.29, 1.82) is 5.26 Å². The monoisotopic (exact) mass is 533 g/mol. The molecule has 1 aliphatic rings. The van der Waals surface area contributed by atoms with Crippen LogP contribution in [0.4, 0.5) is 0 Å². The second kappa shape index (κ2) is 8.98. The average molecular weight is 535 g/mol. The maximum atomic E-state index is 12.7. The van der Waals surface area contributed by atoms with Crippen molar-refractivity contribution in [2.45, 2.75) is 17.9 Å². The molecule has 0 saturated heterocycles. The van der Waals surface area contributed by atoms with Gasteiger partial charge in [0.1, 0.15) is 0 Å². The normalized spacial score (nSPS) is 23.5. The van der Waals surface area contributed by atoms with Crippen molar-refractivity contribution in [3.05, 3.63) is 90.0 Å². The fourth-order valence-electron chi connectivity index (χ4n) is 4.05. The number of hydrogen-bond donors (Lipinski definition) is 1. The van der Waals surface area contributed by atoms with E-state index in [-0.39, 0.29) is 11.3 Å². The predicted molar refractivity (Wildman–Crippen MR) is 117 cm³/mol. The molecule has 2 N–H and O–H groups in total. The zero-order chi connectivity index (χ0) is 22.0. The Bertz CT molecular complexity index is 1080. The second-order valence-corrected chi connectivity index (χ2v) is 8.50. The number of benzene rings is 2. The van der Waals surface area contributed by atoms with Crippen molar-refractivity contribution < 1.29 is 14.5 Å². The lowest BCUT2D eigenvalue weighted by molar-refractivity contribution is -0.531. The van der Waals surface area contributed by atoms with Gasteiger partial charge >= 0.3 is 5.97 Å². The molecule has 4 unspecified atom stereocenters. The van der Waals surface area contributed by atoms with Gasteiger partial charge in [0.25, 0.3) is 0 Å². The average Bonchev–Trinajstić information content (AvgIpc) is 2.73. The number of rotatable bonds is 4. The predicted octanol–water partition coefficient (Wildman–Crippen LogP) is 4.26. The van der Waals surface area contributed by atoms with Gasteiger partial charge in [-0.15, -0.1) is 0 Å². The van der Waals surface area contributed by atoms with Crippen LogP contribution in [0.2, 0.25) is 0 Å². The molecule has 0 saturated carbocycles. The van der Waals surface area contributed by atoms with E-state index in [1.54, 1.807) is 48.5 Å². The van der Waals surface area contributed by atoms with Crippen LogP contribution in [0.25, 0.3) is 0 Å². The van der Waals surface area contributed by atoms with Crippen molar-refractivity contribution in [2.75, 3.05) is 7.11 Å². The molecule has 4 atom stereocenters. The lowest BCUT2D eigenvalue weighted by Gasteiger charge is -2.37. The van der Waals surface area contributed by atoms with Crippen molar-refractivity contribution >= 4 is 37.8 Å². The highest BCUT2D eigenvalue weighted by Gasteiger charge is 2.54. The molecule has 0 bridgehead atoms. The van der Waals surface area contributed by atoms with E-state index in [2.05, 4.69) is 37.9 Å². The van der Waals surface area contributed by atoms with Gasteiger partial charge in [-0.2, -0.15) is 5.26 Å². The summed E-state index contributed by atoms with van der Waals surface area (Å²) in [7, 11) is 1.18. The smallest absolute Gasteiger partial charge is 0.336 e. The number of halogens is 2. The minimum Gasteiger partial charge on any atom is -0.466 e. The Hall–Kier alpha value is -2.70. The van der Waals surface area contributed by atoms with E-state index in [0.717, 1.165) is 0 Å². The first-order chi connectivity index (χ1) is 14.3. The fraction of sp³-hybridized carbons (Fsp3) is 0.238. The standard InChI is InChI=1S/C21H17Br2N3O4/c1-30-21(27)18-17(12-7-3-5-9-15(12)23)20(26(28)29)16(13(10-24)19(18)25)11-6-2-4-8-14(11)22/h2-9,13,16-17,20H,25H2,1H3. The summed E-state index contributed by atoms with van der Waals surface area (Å²) in [6, 6.07) is 14.7. The number of allylic oxidation sites excluding steroid dienone is 1. The molecule has 0 spiro atoms. The number of methoxy groups -OCH3 is 1.